The first-order chi connectivity index (χ1) is 8.67. The lowest BCUT2D eigenvalue weighted by molar-refractivity contribution is 0.161. The van der Waals surface area contributed by atoms with E-state index in [1.165, 1.54) is 6.42 Å². The van der Waals surface area contributed by atoms with E-state index < -0.39 is 0 Å². The average Bonchev–Trinajstić information content (AvgIpc) is 3.06. The molecule has 2 N–H and O–H groups in total. The number of hydrogen-bond donors (Lipinski definition) is 2. The summed E-state index contributed by atoms with van der Waals surface area (Å²) < 4.78 is 5.05. The number of nitrogens with zero attached hydrogens (tertiary/aromatic N) is 2. The summed E-state index contributed by atoms with van der Waals surface area (Å²) in [6, 6.07) is 0.626. The Balaban J connectivity index is 0.00000324. The molecule has 2 unspecified atom stereocenters. The van der Waals surface area contributed by atoms with Crippen LogP contribution in [0.4, 0.5) is 0 Å². The summed E-state index contributed by atoms with van der Waals surface area (Å²) in [7, 11) is 5.69. The highest BCUT2D eigenvalue weighted by molar-refractivity contribution is 14.0. The minimum atomic E-state index is 0. The third-order valence-corrected chi connectivity index (χ3v) is 3.34. The fourth-order valence-electron chi connectivity index (χ4n) is 1.81. The summed E-state index contributed by atoms with van der Waals surface area (Å²) in [4.78, 5) is 6.51. The molecule has 0 bridgehead atoms. The van der Waals surface area contributed by atoms with E-state index in [9.17, 15) is 0 Å². The molecule has 0 radical (unpaired) electrons. The third kappa shape index (κ3) is 8.65. The molecule has 0 aromatic rings. The summed E-state index contributed by atoms with van der Waals surface area (Å²) in [5, 5.41) is 6.77. The van der Waals surface area contributed by atoms with Crippen LogP contribution in [-0.4, -0.2) is 64.3 Å². The highest BCUT2D eigenvalue weighted by Crippen LogP contribution is 2.28. The van der Waals surface area contributed by atoms with Crippen LogP contribution in [0.1, 0.15) is 19.8 Å². The van der Waals surface area contributed by atoms with Crippen LogP contribution in [0.5, 0.6) is 0 Å². The molecule has 0 saturated heterocycles. The van der Waals surface area contributed by atoms with E-state index in [1.54, 1.807) is 7.11 Å². The van der Waals surface area contributed by atoms with Crippen molar-refractivity contribution in [3.63, 3.8) is 0 Å². The summed E-state index contributed by atoms with van der Waals surface area (Å²) >= 11 is 0. The molecule has 1 rings (SSSR count). The molecule has 0 spiro atoms. The molecule has 5 nitrogen and oxygen atoms in total. The second-order valence-corrected chi connectivity index (χ2v) is 5.11. The minimum Gasteiger partial charge on any atom is -0.383 e. The van der Waals surface area contributed by atoms with Gasteiger partial charge in [0.25, 0.3) is 0 Å². The van der Waals surface area contributed by atoms with Gasteiger partial charge in [0.05, 0.1) is 6.61 Å². The Morgan fingerprint density at radius 3 is 2.63 bits per heavy atom. The predicted molar refractivity (Wildman–Crippen MR) is 91.5 cm³/mol. The molecule has 0 amide bonds. The highest BCUT2D eigenvalue weighted by Gasteiger charge is 2.33. The van der Waals surface area contributed by atoms with Crippen molar-refractivity contribution in [1.82, 2.24) is 15.5 Å². The van der Waals surface area contributed by atoms with Gasteiger partial charge in [-0.3, -0.25) is 4.99 Å². The number of methoxy groups -OCH3 is 1. The first-order valence-electron chi connectivity index (χ1n) is 6.82. The Labute approximate surface area is 134 Å². The first kappa shape index (κ1) is 18.9. The van der Waals surface area contributed by atoms with Crippen molar-refractivity contribution < 1.29 is 4.74 Å². The zero-order valence-electron chi connectivity index (χ0n) is 12.6. The molecule has 19 heavy (non-hydrogen) atoms. The van der Waals surface area contributed by atoms with Crippen molar-refractivity contribution in [2.45, 2.75) is 25.8 Å². The minimum absolute atomic E-state index is 0. The van der Waals surface area contributed by atoms with Gasteiger partial charge in [-0.05, 0) is 32.4 Å². The van der Waals surface area contributed by atoms with Crippen molar-refractivity contribution in [3.8, 4) is 0 Å². The van der Waals surface area contributed by atoms with E-state index in [-0.39, 0.29) is 24.0 Å². The van der Waals surface area contributed by atoms with Gasteiger partial charge in [0, 0.05) is 33.3 Å². The second kappa shape index (κ2) is 10.7. The number of hydrogen-bond acceptors (Lipinski definition) is 3. The SMILES string of the molecule is CN=C(NCCCN(C)CCOC)NC1CC1C.I. The van der Waals surface area contributed by atoms with Gasteiger partial charge in [0.2, 0.25) is 0 Å². The van der Waals surface area contributed by atoms with Crippen molar-refractivity contribution in [1.29, 1.82) is 0 Å². The number of halogens is 1. The number of nitrogens with one attached hydrogen (secondary N) is 2. The number of rotatable bonds is 8. The van der Waals surface area contributed by atoms with E-state index in [0.717, 1.165) is 44.5 Å². The van der Waals surface area contributed by atoms with Gasteiger partial charge < -0.3 is 20.3 Å². The average molecular weight is 384 g/mol. The summed E-state index contributed by atoms with van der Waals surface area (Å²) in [5.41, 5.74) is 0. The van der Waals surface area contributed by atoms with E-state index in [0.29, 0.717) is 6.04 Å². The highest BCUT2D eigenvalue weighted by atomic mass is 127. The topological polar surface area (TPSA) is 48.9 Å². The Morgan fingerprint density at radius 1 is 1.42 bits per heavy atom. The number of aliphatic imine (C=N–C) groups is 1. The lowest BCUT2D eigenvalue weighted by atomic mass is 10.4. The fraction of sp³-hybridized carbons (Fsp3) is 0.923. The smallest absolute Gasteiger partial charge is 0.191 e. The number of guanidine groups is 1. The van der Waals surface area contributed by atoms with Gasteiger partial charge in [-0.1, -0.05) is 6.92 Å². The first-order valence-corrected chi connectivity index (χ1v) is 6.82. The van der Waals surface area contributed by atoms with Gasteiger partial charge in [-0.25, -0.2) is 0 Å². The zero-order valence-corrected chi connectivity index (χ0v) is 14.9. The lowest BCUT2D eigenvalue weighted by Crippen LogP contribution is -2.40. The second-order valence-electron chi connectivity index (χ2n) is 5.11. The molecular weight excluding hydrogens is 355 g/mol. The van der Waals surface area contributed by atoms with Crippen LogP contribution in [0.25, 0.3) is 0 Å². The van der Waals surface area contributed by atoms with E-state index in [2.05, 4.69) is 34.5 Å². The van der Waals surface area contributed by atoms with Crippen LogP contribution < -0.4 is 10.6 Å². The van der Waals surface area contributed by atoms with Crippen LogP contribution in [0, 0.1) is 5.92 Å². The molecule has 1 aliphatic rings. The van der Waals surface area contributed by atoms with E-state index >= 15 is 0 Å². The molecule has 0 aliphatic heterocycles. The zero-order chi connectivity index (χ0) is 13.4. The van der Waals surface area contributed by atoms with E-state index in [4.69, 9.17) is 4.74 Å². The van der Waals surface area contributed by atoms with Gasteiger partial charge in [0.15, 0.2) is 5.96 Å². The molecule has 1 aliphatic carbocycles. The molecule has 0 aromatic heterocycles. The van der Waals surface area contributed by atoms with Crippen molar-refractivity contribution in [3.05, 3.63) is 0 Å². The monoisotopic (exact) mass is 384 g/mol. The maximum atomic E-state index is 5.05. The Morgan fingerprint density at radius 2 is 2.11 bits per heavy atom. The molecule has 1 saturated carbocycles. The molecule has 2 atom stereocenters. The number of ether oxygens (including phenoxy) is 1. The molecule has 1 fully saturated rings. The van der Waals surface area contributed by atoms with Gasteiger partial charge in [-0.15, -0.1) is 24.0 Å². The predicted octanol–water partition coefficient (Wildman–Crippen LogP) is 1.15. The molecule has 0 aromatic carbocycles. The summed E-state index contributed by atoms with van der Waals surface area (Å²) in [5.74, 6) is 1.73. The van der Waals surface area contributed by atoms with Crippen molar-refractivity contribution >= 4 is 29.9 Å². The Bertz CT molecular complexity index is 263. The number of likely N-dealkylation sites (N-methyl/N-ethyl adjacent to an activating group) is 1. The maximum absolute atomic E-state index is 5.05. The standard InChI is InChI=1S/C13H28N4O.HI/c1-11-10-12(11)16-13(14-2)15-6-5-7-17(3)8-9-18-4;/h11-12H,5-10H2,1-4H3,(H2,14,15,16);1H. The lowest BCUT2D eigenvalue weighted by Gasteiger charge is -2.17. The van der Waals surface area contributed by atoms with Crippen LogP contribution in [0.2, 0.25) is 0 Å². The maximum Gasteiger partial charge on any atom is 0.191 e. The van der Waals surface area contributed by atoms with Crippen LogP contribution in [0.15, 0.2) is 4.99 Å². The normalized spacial score (nSPS) is 22.1. The van der Waals surface area contributed by atoms with Gasteiger partial charge >= 0.3 is 0 Å². The molecule has 6 heteroatoms. The molecular formula is C13H29IN4O. The van der Waals surface area contributed by atoms with Gasteiger partial charge in [-0.2, -0.15) is 0 Å². The quantitative estimate of drug-likeness (QED) is 0.285. The third-order valence-electron chi connectivity index (χ3n) is 3.34. The van der Waals surface area contributed by atoms with E-state index in [1.807, 2.05) is 7.05 Å². The van der Waals surface area contributed by atoms with Crippen molar-refractivity contribution in [2.24, 2.45) is 10.9 Å². The van der Waals surface area contributed by atoms with Gasteiger partial charge in [0.1, 0.15) is 0 Å². The van der Waals surface area contributed by atoms with Crippen LogP contribution in [-0.2, 0) is 4.74 Å². The van der Waals surface area contributed by atoms with Crippen LogP contribution in [0.3, 0.4) is 0 Å². The Hall–Kier alpha value is -0.0800. The van der Waals surface area contributed by atoms with Crippen LogP contribution >= 0.6 is 24.0 Å². The fourth-order valence-corrected chi connectivity index (χ4v) is 1.81. The largest absolute Gasteiger partial charge is 0.383 e. The Kier molecular flexibility index (Phi) is 10.6. The summed E-state index contributed by atoms with van der Waals surface area (Å²) in [6.07, 6.45) is 2.38. The molecule has 114 valence electrons. The molecule has 0 heterocycles. The summed E-state index contributed by atoms with van der Waals surface area (Å²) in [6.45, 7) is 6.08. The van der Waals surface area contributed by atoms with Crippen molar-refractivity contribution in [2.75, 3.05) is 47.4 Å².